The highest BCUT2D eigenvalue weighted by Gasteiger charge is 2.33. The molecule has 0 spiro atoms. The van der Waals surface area contributed by atoms with Gasteiger partial charge in [-0.1, -0.05) is 36.4 Å². The molecule has 7 heterocycles. The number of allylic oxidation sites excluding steroid dienone is 3. The van der Waals surface area contributed by atoms with Gasteiger partial charge in [0, 0.05) is 42.2 Å². The summed E-state index contributed by atoms with van der Waals surface area (Å²) in [5.74, 6) is 3.11. The van der Waals surface area contributed by atoms with Crippen molar-refractivity contribution in [3.8, 4) is 11.3 Å². The summed E-state index contributed by atoms with van der Waals surface area (Å²) >= 11 is 0. The van der Waals surface area contributed by atoms with Crippen molar-refractivity contribution in [2.24, 2.45) is 0 Å². The Kier molecular flexibility index (Phi) is 8.12. The Labute approximate surface area is 298 Å². The number of hydrogen-bond donors (Lipinski definition) is 3. The van der Waals surface area contributed by atoms with E-state index in [0.29, 0.717) is 24.9 Å². The lowest BCUT2D eigenvalue weighted by Crippen LogP contribution is -2.50. The lowest BCUT2D eigenvalue weighted by Gasteiger charge is -2.38. The van der Waals surface area contributed by atoms with Gasteiger partial charge >= 0.3 is 0 Å². The highest BCUT2D eigenvalue weighted by atomic mass is 16.5. The second kappa shape index (κ2) is 13.2. The lowest BCUT2D eigenvalue weighted by molar-refractivity contribution is -0.0256. The number of H-pyrrole nitrogens is 2. The van der Waals surface area contributed by atoms with E-state index in [4.69, 9.17) is 19.4 Å². The molecule has 10 nitrogen and oxygen atoms in total. The van der Waals surface area contributed by atoms with Gasteiger partial charge in [-0.3, -0.25) is 9.80 Å². The van der Waals surface area contributed by atoms with Crippen molar-refractivity contribution in [2.45, 2.75) is 69.9 Å². The Balaban J connectivity index is 0.862. The monoisotopic (exact) mass is 682 g/mol. The molecule has 3 N–H and O–H groups in total. The van der Waals surface area contributed by atoms with Gasteiger partial charge in [0.25, 0.3) is 0 Å². The first kappa shape index (κ1) is 31.3. The van der Waals surface area contributed by atoms with Crippen LogP contribution in [0.3, 0.4) is 0 Å². The summed E-state index contributed by atoms with van der Waals surface area (Å²) in [4.78, 5) is 22.2. The number of hydrogen-bond acceptors (Lipinski definition) is 7. The lowest BCUT2D eigenvalue weighted by atomic mass is 9.93. The normalized spacial score (nSPS) is 24.2. The van der Waals surface area contributed by atoms with Gasteiger partial charge in [-0.15, -0.1) is 0 Å². The van der Waals surface area contributed by atoms with Crippen LogP contribution in [0.1, 0.15) is 79.2 Å². The molecule has 3 saturated heterocycles. The molecule has 5 aliphatic rings. The van der Waals surface area contributed by atoms with E-state index < -0.39 is 0 Å². The molecular weight excluding hydrogens is 637 g/mol. The van der Waals surface area contributed by atoms with Crippen LogP contribution in [0.25, 0.3) is 33.3 Å². The summed E-state index contributed by atoms with van der Waals surface area (Å²) < 4.78 is 14.7. The number of morpholine rings is 1. The maximum Gasteiger partial charge on any atom is 0.165 e. The highest BCUT2D eigenvalue weighted by molar-refractivity contribution is 5.91. The summed E-state index contributed by atoms with van der Waals surface area (Å²) in [6, 6.07) is 20.9. The van der Waals surface area contributed by atoms with Crippen molar-refractivity contribution in [1.29, 1.82) is 0 Å². The van der Waals surface area contributed by atoms with Gasteiger partial charge in [0.05, 0.1) is 60.3 Å². The maximum atomic E-state index is 6.40. The molecular formula is C41H46N8O2. The van der Waals surface area contributed by atoms with E-state index in [1.165, 1.54) is 46.1 Å². The van der Waals surface area contributed by atoms with Gasteiger partial charge in [0.15, 0.2) is 6.73 Å². The average Bonchev–Trinajstić information content (AvgIpc) is 4.02. The van der Waals surface area contributed by atoms with E-state index in [1.54, 1.807) is 0 Å². The van der Waals surface area contributed by atoms with Crippen LogP contribution in [0.15, 0.2) is 78.8 Å². The minimum absolute atomic E-state index is 0.296. The molecule has 51 heavy (non-hydrogen) atoms. The number of nitrogens with one attached hydrogen (secondary N) is 3. The Morgan fingerprint density at radius 1 is 0.863 bits per heavy atom. The minimum Gasteiger partial charge on any atom is -0.472 e. The fourth-order valence-electron chi connectivity index (χ4n) is 9.01. The third-order valence-corrected chi connectivity index (χ3v) is 11.7. The van der Waals surface area contributed by atoms with Crippen LogP contribution < -0.4 is 5.32 Å². The Morgan fingerprint density at radius 3 is 2.69 bits per heavy atom. The molecule has 0 saturated carbocycles. The van der Waals surface area contributed by atoms with E-state index in [9.17, 15) is 0 Å². The van der Waals surface area contributed by atoms with Crippen molar-refractivity contribution in [3.63, 3.8) is 0 Å². The first-order valence-corrected chi connectivity index (χ1v) is 18.9. The van der Waals surface area contributed by atoms with Gasteiger partial charge in [-0.2, -0.15) is 0 Å². The zero-order valence-electron chi connectivity index (χ0n) is 29.1. The number of aromatic amines is 2. The molecule has 3 aromatic heterocycles. The molecule has 3 atom stereocenters. The van der Waals surface area contributed by atoms with Crippen LogP contribution in [0.5, 0.6) is 0 Å². The van der Waals surface area contributed by atoms with E-state index in [1.807, 2.05) is 12.4 Å². The summed E-state index contributed by atoms with van der Waals surface area (Å²) in [5, 5.41) is 4.77. The van der Waals surface area contributed by atoms with Gasteiger partial charge in [0.2, 0.25) is 0 Å². The fraction of sp³-hybridized carbons (Fsp3) is 0.415. The first-order chi connectivity index (χ1) is 25.2. The van der Waals surface area contributed by atoms with Crippen LogP contribution >= 0.6 is 0 Å². The number of nitrogens with zero attached hydrogens (tertiary/aromatic N) is 5. The molecule has 262 valence electrons. The highest BCUT2D eigenvalue weighted by Crippen LogP contribution is 2.41. The second-order valence-corrected chi connectivity index (χ2v) is 14.9. The zero-order valence-corrected chi connectivity index (χ0v) is 29.1. The summed E-state index contributed by atoms with van der Waals surface area (Å²) in [6.45, 7) is 7.20. The topological polar surface area (TPSA) is 99.3 Å². The van der Waals surface area contributed by atoms with Crippen LogP contribution in [0, 0.1) is 0 Å². The predicted molar refractivity (Wildman–Crippen MR) is 198 cm³/mol. The van der Waals surface area contributed by atoms with Crippen molar-refractivity contribution >= 4 is 22.0 Å². The number of benzene rings is 2. The van der Waals surface area contributed by atoms with Gasteiger partial charge in [0.1, 0.15) is 17.4 Å². The Bertz CT molecular complexity index is 2100. The van der Waals surface area contributed by atoms with Crippen LogP contribution in [-0.2, 0) is 22.7 Å². The maximum absolute atomic E-state index is 6.40. The molecule has 0 bridgehead atoms. The summed E-state index contributed by atoms with van der Waals surface area (Å²) in [5.41, 5.74) is 9.73. The zero-order chi connectivity index (χ0) is 33.7. The minimum atomic E-state index is 0.296. The summed E-state index contributed by atoms with van der Waals surface area (Å²) in [7, 11) is 0. The molecule has 10 rings (SSSR count). The Morgan fingerprint density at radius 2 is 1.76 bits per heavy atom. The molecule has 5 aromatic rings. The van der Waals surface area contributed by atoms with E-state index in [-0.39, 0.29) is 0 Å². The quantitative estimate of drug-likeness (QED) is 0.166. The van der Waals surface area contributed by atoms with Crippen molar-refractivity contribution in [3.05, 3.63) is 107 Å². The smallest absolute Gasteiger partial charge is 0.165 e. The first-order valence-electron chi connectivity index (χ1n) is 18.9. The third-order valence-electron chi connectivity index (χ3n) is 11.7. The number of ether oxygens (including phenoxy) is 2. The number of rotatable bonds is 8. The van der Waals surface area contributed by atoms with Gasteiger partial charge in [-0.05, 0) is 87.0 Å². The molecule has 10 heteroatoms. The summed E-state index contributed by atoms with van der Waals surface area (Å²) in [6.07, 6.45) is 12.8. The number of aromatic nitrogens is 5. The van der Waals surface area contributed by atoms with E-state index >= 15 is 0 Å². The van der Waals surface area contributed by atoms with Crippen molar-refractivity contribution in [2.75, 3.05) is 39.4 Å². The van der Waals surface area contributed by atoms with Crippen LogP contribution in [-0.4, -0.2) is 79.7 Å². The number of imidazole rings is 2. The predicted octanol–water partition coefficient (Wildman–Crippen LogP) is 6.79. The molecule has 4 aliphatic heterocycles. The van der Waals surface area contributed by atoms with Gasteiger partial charge in [-0.25, -0.2) is 9.97 Å². The fourth-order valence-corrected chi connectivity index (χ4v) is 9.01. The molecule has 0 amide bonds. The second-order valence-electron chi connectivity index (χ2n) is 14.9. The number of fused-ring (bicyclic) bond motifs is 4. The molecule has 0 radical (unpaired) electrons. The van der Waals surface area contributed by atoms with E-state index in [0.717, 1.165) is 106 Å². The van der Waals surface area contributed by atoms with Crippen LogP contribution in [0.2, 0.25) is 0 Å². The Hall–Kier alpha value is -4.48. The van der Waals surface area contributed by atoms with Crippen LogP contribution in [0.4, 0.5) is 0 Å². The standard InChI is InChI=1S/C41H46N8O2/c1-2-6-27(7-3-1)23-47-16-17-50-25-31(47)24-48-15-5-9-37(48)41-44-22-34(46-41)28-11-13-36-30(18-28)19-38-32-12-10-29(20-39(32)51-26-49(36)38)35-21-43-40(45-35)33-8-4-14-42-33/h1-3,6-7,11,13,18-22,31,33,37,42H,4-5,8-10,12,14-17,23-26H2,(H,43,45)(H,44,46). The van der Waals surface area contributed by atoms with Gasteiger partial charge < -0.3 is 29.3 Å². The van der Waals surface area contributed by atoms with Crippen molar-refractivity contribution < 1.29 is 9.47 Å². The molecule has 3 unspecified atom stereocenters. The average molecular weight is 683 g/mol. The molecule has 3 fully saturated rings. The third kappa shape index (κ3) is 5.94. The van der Waals surface area contributed by atoms with Crippen molar-refractivity contribution in [1.82, 2.24) is 39.6 Å². The SMILES string of the molecule is C1=C(c2cnc(C3CCCN3)[nH]2)CCC2=C1OCn1c2cc2cc(-c3cnc(C4CCCN4CC4COCCN4Cc4ccccc4)[nH]3)ccc21. The molecule has 2 aromatic carbocycles. The molecule has 1 aliphatic carbocycles. The largest absolute Gasteiger partial charge is 0.472 e. The number of likely N-dealkylation sites (tertiary alicyclic amines) is 1. The van der Waals surface area contributed by atoms with E-state index in [2.05, 4.69) is 90.3 Å².